The van der Waals surface area contributed by atoms with Crippen molar-refractivity contribution in [2.75, 3.05) is 36.5 Å². The van der Waals surface area contributed by atoms with Gasteiger partial charge in [0.05, 0.1) is 6.20 Å². The SMILES string of the molecule is CCP(=O)(CC)c1cccc(Nc2nc(Nc3cc4c5c(c3)CN(C)CC5CCC4)ncc2C#N)n1. The highest BCUT2D eigenvalue weighted by Gasteiger charge is 2.29. The Morgan fingerprint density at radius 3 is 2.75 bits per heavy atom. The Kier molecular flexibility index (Phi) is 6.79. The number of benzene rings is 1. The maximum atomic E-state index is 13.2. The second-order valence-corrected chi connectivity index (χ2v) is 13.2. The number of nitrogens with zero attached hydrogens (tertiary/aromatic N) is 5. The van der Waals surface area contributed by atoms with Gasteiger partial charge in [-0.25, -0.2) is 9.97 Å². The van der Waals surface area contributed by atoms with Gasteiger partial charge < -0.3 is 20.1 Å². The molecule has 8 nitrogen and oxygen atoms in total. The van der Waals surface area contributed by atoms with Crippen molar-refractivity contribution >= 4 is 35.8 Å². The van der Waals surface area contributed by atoms with Crippen LogP contribution in [0.3, 0.4) is 0 Å². The first-order valence-electron chi connectivity index (χ1n) is 12.6. The first-order valence-corrected chi connectivity index (χ1v) is 14.7. The molecule has 0 fully saturated rings. The van der Waals surface area contributed by atoms with E-state index >= 15 is 0 Å². The second kappa shape index (κ2) is 10.0. The van der Waals surface area contributed by atoms with Crippen LogP contribution in [-0.2, 0) is 17.5 Å². The normalized spacial score (nSPS) is 17.2. The third kappa shape index (κ3) is 4.74. The Hall–Kier alpha value is -3.27. The van der Waals surface area contributed by atoms with Gasteiger partial charge in [-0.3, -0.25) is 0 Å². The van der Waals surface area contributed by atoms with E-state index in [2.05, 4.69) is 55.7 Å². The molecule has 0 saturated heterocycles. The highest BCUT2D eigenvalue weighted by Crippen LogP contribution is 2.43. The van der Waals surface area contributed by atoms with E-state index < -0.39 is 7.14 Å². The minimum Gasteiger partial charge on any atom is -0.324 e. The summed E-state index contributed by atoms with van der Waals surface area (Å²) in [4.78, 5) is 16.0. The fraction of sp³-hybridized carbons (Fsp3) is 0.407. The van der Waals surface area contributed by atoms with Gasteiger partial charge in [0, 0.05) is 31.1 Å². The maximum Gasteiger partial charge on any atom is 0.229 e. The fourth-order valence-electron chi connectivity index (χ4n) is 5.45. The van der Waals surface area contributed by atoms with E-state index in [4.69, 9.17) is 0 Å². The Balaban J connectivity index is 1.43. The number of anilines is 4. The van der Waals surface area contributed by atoms with Crippen molar-refractivity contribution in [3.8, 4) is 6.07 Å². The number of pyridine rings is 1. The topological polar surface area (TPSA) is 107 Å². The zero-order chi connectivity index (χ0) is 25.3. The minimum absolute atomic E-state index is 0.312. The van der Waals surface area contributed by atoms with Crippen LogP contribution in [0.25, 0.3) is 0 Å². The molecule has 3 aromatic rings. The molecule has 36 heavy (non-hydrogen) atoms. The molecule has 5 rings (SSSR count). The van der Waals surface area contributed by atoms with Crippen molar-refractivity contribution in [1.82, 2.24) is 19.9 Å². The van der Waals surface area contributed by atoms with Gasteiger partial charge >= 0.3 is 0 Å². The minimum atomic E-state index is -2.53. The molecular weight excluding hydrogens is 469 g/mol. The summed E-state index contributed by atoms with van der Waals surface area (Å²) in [6, 6.07) is 12.0. The molecule has 1 atom stereocenters. The molecular formula is C27H32N7OP. The number of hydrogen-bond donors (Lipinski definition) is 2. The summed E-state index contributed by atoms with van der Waals surface area (Å²) in [6.45, 7) is 5.92. The number of rotatable bonds is 7. The molecule has 0 spiro atoms. The average molecular weight is 502 g/mol. The molecule has 1 aliphatic carbocycles. The van der Waals surface area contributed by atoms with Gasteiger partial charge in [0.25, 0.3) is 0 Å². The van der Waals surface area contributed by atoms with Crippen LogP contribution in [0.5, 0.6) is 0 Å². The first-order chi connectivity index (χ1) is 17.4. The monoisotopic (exact) mass is 501 g/mol. The smallest absolute Gasteiger partial charge is 0.229 e. The molecule has 1 aromatic carbocycles. The Bertz CT molecular complexity index is 1380. The van der Waals surface area contributed by atoms with E-state index in [1.807, 2.05) is 26.0 Å². The average Bonchev–Trinajstić information content (AvgIpc) is 2.88. The predicted octanol–water partition coefficient (Wildman–Crippen LogP) is 5.12. The van der Waals surface area contributed by atoms with Crippen LogP contribution in [0, 0.1) is 11.3 Å². The molecule has 0 saturated carbocycles. The lowest BCUT2D eigenvalue weighted by atomic mass is 9.77. The zero-order valence-electron chi connectivity index (χ0n) is 21.1. The standard InChI is InChI=1S/C27H32N7OP/c1-4-36(35,5-2)24-11-7-10-23(31-24)32-26-21(14-28)15-29-27(33-26)30-22-12-18-8-6-9-19-16-34(3)17-20(13-22)25(18)19/h7,10-13,15,19H,4-6,8-9,16-17H2,1-3H3,(H2,29,30,31,32,33). The van der Waals surface area contributed by atoms with Crippen LogP contribution in [0.4, 0.5) is 23.3 Å². The van der Waals surface area contributed by atoms with Crippen molar-refractivity contribution in [2.24, 2.45) is 0 Å². The van der Waals surface area contributed by atoms with E-state index in [0.717, 1.165) is 25.2 Å². The molecule has 9 heteroatoms. The lowest BCUT2D eigenvalue weighted by molar-refractivity contribution is 0.266. The van der Waals surface area contributed by atoms with Crippen molar-refractivity contribution in [3.05, 3.63) is 58.8 Å². The summed E-state index contributed by atoms with van der Waals surface area (Å²) in [5.41, 5.74) is 6.20. The lowest BCUT2D eigenvalue weighted by Crippen LogP contribution is -2.33. The van der Waals surface area contributed by atoms with Crippen molar-refractivity contribution in [3.63, 3.8) is 0 Å². The van der Waals surface area contributed by atoms with Gasteiger partial charge in [-0.05, 0) is 73.2 Å². The summed E-state index contributed by atoms with van der Waals surface area (Å²) in [5, 5.41) is 16.1. The van der Waals surface area contributed by atoms with Crippen molar-refractivity contribution in [1.29, 1.82) is 5.26 Å². The molecule has 0 amide bonds. The van der Waals surface area contributed by atoms with E-state index in [1.54, 1.807) is 6.07 Å². The van der Waals surface area contributed by atoms with Crippen molar-refractivity contribution < 1.29 is 4.57 Å². The third-order valence-corrected chi connectivity index (χ3v) is 10.4. The van der Waals surface area contributed by atoms with Crippen LogP contribution in [0.15, 0.2) is 36.5 Å². The van der Waals surface area contributed by atoms with Gasteiger partial charge in [0.1, 0.15) is 30.0 Å². The van der Waals surface area contributed by atoms with E-state index in [-0.39, 0.29) is 0 Å². The van der Waals surface area contributed by atoms with Gasteiger partial charge in [-0.15, -0.1) is 0 Å². The Labute approximate surface area is 212 Å². The van der Waals surface area contributed by atoms with Crippen LogP contribution < -0.4 is 16.1 Å². The molecule has 0 radical (unpaired) electrons. The highest BCUT2D eigenvalue weighted by atomic mass is 31.2. The zero-order valence-corrected chi connectivity index (χ0v) is 22.0. The number of nitriles is 1. The molecule has 3 heterocycles. The number of likely N-dealkylation sites (N-methyl/N-ethyl adjacent to an activating group) is 1. The highest BCUT2D eigenvalue weighted by molar-refractivity contribution is 7.71. The molecule has 186 valence electrons. The Morgan fingerprint density at radius 1 is 1.17 bits per heavy atom. The van der Waals surface area contributed by atoms with Crippen LogP contribution in [-0.4, -0.2) is 45.8 Å². The lowest BCUT2D eigenvalue weighted by Gasteiger charge is -2.37. The van der Waals surface area contributed by atoms with Gasteiger partial charge in [0.15, 0.2) is 5.82 Å². The van der Waals surface area contributed by atoms with Crippen LogP contribution in [0.1, 0.15) is 54.9 Å². The fourth-order valence-corrected chi connectivity index (χ4v) is 7.19. The third-order valence-electron chi connectivity index (χ3n) is 7.32. The number of aromatic nitrogens is 3. The first kappa shape index (κ1) is 24.4. The summed E-state index contributed by atoms with van der Waals surface area (Å²) in [6.07, 6.45) is 6.20. The Morgan fingerprint density at radius 2 is 1.97 bits per heavy atom. The summed E-state index contributed by atoms with van der Waals surface area (Å²) >= 11 is 0. The summed E-state index contributed by atoms with van der Waals surface area (Å²) in [5.74, 6) is 1.89. The largest absolute Gasteiger partial charge is 0.324 e. The summed E-state index contributed by atoms with van der Waals surface area (Å²) in [7, 11) is -0.344. The van der Waals surface area contributed by atoms with Crippen molar-refractivity contribution in [2.45, 2.75) is 45.6 Å². The molecule has 2 N–H and O–H groups in total. The summed E-state index contributed by atoms with van der Waals surface area (Å²) < 4.78 is 13.2. The van der Waals surface area contributed by atoms with Crippen LogP contribution in [0.2, 0.25) is 0 Å². The number of aryl methyl sites for hydroxylation is 1. The predicted molar refractivity (Wildman–Crippen MR) is 144 cm³/mol. The number of nitrogens with one attached hydrogen (secondary N) is 2. The van der Waals surface area contributed by atoms with E-state index in [9.17, 15) is 9.83 Å². The second-order valence-electron chi connectivity index (χ2n) is 9.71. The molecule has 0 bridgehead atoms. The quantitative estimate of drug-likeness (QED) is 0.430. The van der Waals surface area contributed by atoms with Gasteiger partial charge in [-0.2, -0.15) is 10.2 Å². The molecule has 1 unspecified atom stereocenters. The van der Waals surface area contributed by atoms with E-state index in [1.165, 1.54) is 35.7 Å². The number of hydrogen-bond acceptors (Lipinski definition) is 8. The maximum absolute atomic E-state index is 13.2. The molecule has 1 aliphatic heterocycles. The molecule has 2 aromatic heterocycles. The van der Waals surface area contributed by atoms with Gasteiger partial charge in [-0.1, -0.05) is 19.9 Å². The molecule has 2 aliphatic rings. The van der Waals surface area contributed by atoms with Crippen LogP contribution >= 0.6 is 7.14 Å². The van der Waals surface area contributed by atoms with E-state index in [0.29, 0.717) is 46.8 Å². The van der Waals surface area contributed by atoms with Gasteiger partial charge in [0.2, 0.25) is 5.95 Å².